The minimum absolute atomic E-state index is 0.0841. The van der Waals surface area contributed by atoms with E-state index in [0.717, 1.165) is 16.9 Å². The first-order chi connectivity index (χ1) is 13.4. The van der Waals surface area contributed by atoms with Crippen LogP contribution in [0.5, 0.6) is 5.75 Å². The van der Waals surface area contributed by atoms with E-state index >= 15 is 0 Å². The lowest BCUT2D eigenvalue weighted by Crippen LogP contribution is -2.40. The lowest BCUT2D eigenvalue weighted by atomic mass is 10.0. The third-order valence-corrected chi connectivity index (χ3v) is 4.02. The van der Waals surface area contributed by atoms with Crippen molar-refractivity contribution >= 4 is 6.09 Å². The Bertz CT molecular complexity index is 725. The smallest absolute Gasteiger partial charge is 0.407 e. The Hall–Kier alpha value is -2.53. The highest BCUT2D eigenvalue weighted by Gasteiger charge is 2.20. The number of rotatable bonds is 9. The van der Waals surface area contributed by atoms with Crippen molar-refractivity contribution in [3.05, 3.63) is 65.7 Å². The standard InChI is InChI=1S/C23H31NO4/c1-23(2,3)28-22(25)24-20(13-14-26-4)15-19-11-8-12-21(16-19)27-17-18-9-6-5-7-10-18/h5-12,16,20H,13-15,17H2,1-4H3,(H,24,25). The van der Waals surface area contributed by atoms with Gasteiger partial charge in [0.15, 0.2) is 0 Å². The normalized spacial score (nSPS) is 12.3. The average molecular weight is 386 g/mol. The van der Waals surface area contributed by atoms with Crippen molar-refractivity contribution in [3.63, 3.8) is 0 Å². The summed E-state index contributed by atoms with van der Waals surface area (Å²) in [4.78, 5) is 12.1. The van der Waals surface area contributed by atoms with Gasteiger partial charge < -0.3 is 19.5 Å². The van der Waals surface area contributed by atoms with Crippen LogP contribution in [0.15, 0.2) is 54.6 Å². The summed E-state index contributed by atoms with van der Waals surface area (Å²) in [6.07, 6.45) is 0.959. The molecule has 0 saturated carbocycles. The Morgan fingerprint density at radius 1 is 1.04 bits per heavy atom. The van der Waals surface area contributed by atoms with Gasteiger partial charge >= 0.3 is 6.09 Å². The van der Waals surface area contributed by atoms with E-state index in [1.54, 1.807) is 7.11 Å². The molecule has 0 fully saturated rings. The van der Waals surface area contributed by atoms with Gasteiger partial charge in [0.2, 0.25) is 0 Å². The van der Waals surface area contributed by atoms with Crippen molar-refractivity contribution in [1.29, 1.82) is 0 Å². The minimum Gasteiger partial charge on any atom is -0.489 e. The molecule has 152 valence electrons. The molecule has 0 bridgehead atoms. The van der Waals surface area contributed by atoms with Gasteiger partial charge in [0.25, 0.3) is 0 Å². The quantitative estimate of drug-likeness (QED) is 0.677. The zero-order chi connectivity index (χ0) is 20.4. The highest BCUT2D eigenvalue weighted by atomic mass is 16.6. The van der Waals surface area contributed by atoms with Crippen LogP contribution in [0, 0.1) is 0 Å². The van der Waals surface area contributed by atoms with Gasteiger partial charge in [-0.25, -0.2) is 4.79 Å². The molecule has 0 radical (unpaired) electrons. The molecule has 28 heavy (non-hydrogen) atoms. The van der Waals surface area contributed by atoms with Crippen LogP contribution in [-0.4, -0.2) is 31.5 Å². The van der Waals surface area contributed by atoms with Crippen LogP contribution >= 0.6 is 0 Å². The van der Waals surface area contributed by atoms with Crippen LogP contribution < -0.4 is 10.1 Å². The first kappa shape index (κ1) is 21.8. The fourth-order valence-electron chi connectivity index (χ4n) is 2.75. The number of hydrogen-bond acceptors (Lipinski definition) is 4. The van der Waals surface area contributed by atoms with Gasteiger partial charge in [0.05, 0.1) is 0 Å². The lowest BCUT2D eigenvalue weighted by Gasteiger charge is -2.24. The molecule has 0 saturated heterocycles. The number of nitrogens with one attached hydrogen (secondary N) is 1. The summed E-state index contributed by atoms with van der Waals surface area (Å²) < 4.78 is 16.5. The molecule has 2 aromatic carbocycles. The topological polar surface area (TPSA) is 56.8 Å². The Balaban J connectivity index is 1.97. The van der Waals surface area contributed by atoms with E-state index in [9.17, 15) is 4.79 Å². The number of benzene rings is 2. The summed E-state index contributed by atoms with van der Waals surface area (Å²) in [7, 11) is 1.66. The summed E-state index contributed by atoms with van der Waals surface area (Å²) in [5, 5.41) is 2.95. The molecule has 2 rings (SSSR count). The third-order valence-electron chi connectivity index (χ3n) is 4.02. The van der Waals surface area contributed by atoms with E-state index in [-0.39, 0.29) is 6.04 Å². The Labute approximate surface area is 168 Å². The van der Waals surface area contributed by atoms with Crippen molar-refractivity contribution in [1.82, 2.24) is 5.32 Å². The lowest BCUT2D eigenvalue weighted by molar-refractivity contribution is 0.0493. The molecule has 0 aliphatic rings. The number of carbonyl (C=O) groups is 1. The number of hydrogen-bond donors (Lipinski definition) is 1. The Morgan fingerprint density at radius 3 is 2.43 bits per heavy atom. The largest absolute Gasteiger partial charge is 0.489 e. The van der Waals surface area contributed by atoms with Crippen molar-refractivity contribution in [2.75, 3.05) is 13.7 Å². The summed E-state index contributed by atoms with van der Waals surface area (Å²) in [6.45, 7) is 6.64. The molecule has 2 aromatic rings. The fourth-order valence-corrected chi connectivity index (χ4v) is 2.75. The molecule has 5 nitrogen and oxygen atoms in total. The molecule has 1 atom stereocenters. The number of methoxy groups -OCH3 is 1. The average Bonchev–Trinajstić information content (AvgIpc) is 2.64. The van der Waals surface area contributed by atoms with Gasteiger partial charge in [-0.2, -0.15) is 0 Å². The zero-order valence-electron chi connectivity index (χ0n) is 17.2. The number of alkyl carbamates (subject to hydrolysis) is 1. The van der Waals surface area contributed by atoms with Crippen LogP contribution in [-0.2, 0) is 22.5 Å². The predicted octanol–water partition coefficient (Wildman–Crippen LogP) is 4.74. The van der Waals surface area contributed by atoms with Crippen molar-refractivity contribution < 1.29 is 19.0 Å². The molecular formula is C23H31NO4. The summed E-state index contributed by atoms with van der Waals surface area (Å²) in [5.41, 5.74) is 1.68. The maximum atomic E-state index is 12.1. The van der Waals surface area contributed by atoms with E-state index in [2.05, 4.69) is 5.32 Å². The second-order valence-corrected chi connectivity index (χ2v) is 7.75. The predicted molar refractivity (Wildman–Crippen MR) is 111 cm³/mol. The fraction of sp³-hybridized carbons (Fsp3) is 0.435. The molecule has 1 amide bonds. The van der Waals surface area contributed by atoms with E-state index in [1.807, 2.05) is 75.4 Å². The summed E-state index contributed by atoms with van der Waals surface area (Å²) in [6, 6.07) is 17.9. The monoisotopic (exact) mass is 385 g/mol. The highest BCUT2D eigenvalue weighted by Crippen LogP contribution is 2.17. The first-order valence-electron chi connectivity index (χ1n) is 9.60. The third kappa shape index (κ3) is 8.44. The molecular weight excluding hydrogens is 354 g/mol. The van der Waals surface area contributed by atoms with Crippen molar-refractivity contribution in [2.24, 2.45) is 0 Å². The van der Waals surface area contributed by atoms with E-state index in [1.165, 1.54) is 0 Å². The number of amides is 1. The van der Waals surface area contributed by atoms with Gasteiger partial charge in [-0.15, -0.1) is 0 Å². The van der Waals surface area contributed by atoms with E-state index < -0.39 is 11.7 Å². The first-order valence-corrected chi connectivity index (χ1v) is 9.60. The molecule has 0 spiro atoms. The second kappa shape index (κ2) is 10.7. The van der Waals surface area contributed by atoms with Gasteiger partial charge in [-0.1, -0.05) is 42.5 Å². The van der Waals surface area contributed by atoms with Crippen LogP contribution in [0.2, 0.25) is 0 Å². The molecule has 5 heteroatoms. The summed E-state index contributed by atoms with van der Waals surface area (Å²) in [5.74, 6) is 0.809. The van der Waals surface area contributed by atoms with Gasteiger partial charge in [-0.05, 0) is 56.9 Å². The SMILES string of the molecule is COCCC(Cc1cccc(OCc2ccccc2)c1)NC(=O)OC(C)(C)C. The van der Waals surface area contributed by atoms with Crippen molar-refractivity contribution in [3.8, 4) is 5.75 Å². The molecule has 1 unspecified atom stereocenters. The number of ether oxygens (including phenoxy) is 3. The highest BCUT2D eigenvalue weighted by molar-refractivity contribution is 5.68. The van der Waals surface area contributed by atoms with Gasteiger partial charge in [-0.3, -0.25) is 0 Å². The molecule has 0 aromatic heterocycles. The maximum absolute atomic E-state index is 12.1. The van der Waals surface area contributed by atoms with Gasteiger partial charge in [0, 0.05) is 19.8 Å². The summed E-state index contributed by atoms with van der Waals surface area (Å²) >= 11 is 0. The number of carbonyl (C=O) groups excluding carboxylic acids is 1. The second-order valence-electron chi connectivity index (χ2n) is 7.75. The van der Waals surface area contributed by atoms with Gasteiger partial charge in [0.1, 0.15) is 18.0 Å². The van der Waals surface area contributed by atoms with Crippen LogP contribution in [0.1, 0.15) is 38.3 Å². The van der Waals surface area contributed by atoms with Crippen LogP contribution in [0.25, 0.3) is 0 Å². The Kier molecular flexibility index (Phi) is 8.33. The van der Waals surface area contributed by atoms with E-state index in [0.29, 0.717) is 26.1 Å². The van der Waals surface area contributed by atoms with Crippen LogP contribution in [0.4, 0.5) is 4.79 Å². The van der Waals surface area contributed by atoms with Crippen LogP contribution in [0.3, 0.4) is 0 Å². The Morgan fingerprint density at radius 2 is 1.75 bits per heavy atom. The minimum atomic E-state index is -0.527. The maximum Gasteiger partial charge on any atom is 0.407 e. The van der Waals surface area contributed by atoms with Crippen molar-refractivity contribution in [2.45, 2.75) is 51.9 Å². The molecule has 0 aliphatic heterocycles. The molecule has 1 N–H and O–H groups in total. The zero-order valence-corrected chi connectivity index (χ0v) is 17.2. The molecule has 0 aliphatic carbocycles. The van der Waals surface area contributed by atoms with E-state index in [4.69, 9.17) is 14.2 Å². The molecule has 0 heterocycles.